The van der Waals surface area contributed by atoms with E-state index in [0.717, 1.165) is 11.6 Å². The standard InChI is InChI=1S/C36H42B2/c1-33(2)19-11-9-12-20-27(19)37-29-23(33)15-16-24-30(29)38-28-21(35(24,5)6)13-10-14-22(28)36(7,8)26-18-17-25(34(20,3)4)31(37)32(26)38/h9-19,22-24,27-30H,1-8H3. The van der Waals surface area contributed by atoms with Crippen molar-refractivity contribution in [2.45, 2.75) is 89.5 Å². The lowest BCUT2D eigenvalue weighted by molar-refractivity contribution is 0.115. The van der Waals surface area contributed by atoms with Gasteiger partial charge in [0.25, 0.3) is 0 Å². The van der Waals surface area contributed by atoms with Crippen LogP contribution in [0.2, 0.25) is 23.3 Å². The maximum atomic E-state index is 2.74. The molecule has 38 heavy (non-hydrogen) atoms. The van der Waals surface area contributed by atoms with E-state index >= 15 is 0 Å². The highest BCUT2D eigenvalue weighted by Crippen LogP contribution is 2.74. The molecule has 0 radical (unpaired) electrons. The molecular formula is C36H42B2. The Morgan fingerprint density at radius 3 is 1.84 bits per heavy atom. The Morgan fingerprint density at radius 2 is 1.11 bits per heavy atom. The third kappa shape index (κ3) is 2.13. The zero-order valence-corrected chi connectivity index (χ0v) is 24.5. The van der Waals surface area contributed by atoms with E-state index in [4.69, 9.17) is 0 Å². The maximum absolute atomic E-state index is 2.74. The van der Waals surface area contributed by atoms with Crippen LogP contribution in [-0.4, -0.2) is 13.4 Å². The number of benzene rings is 1. The van der Waals surface area contributed by atoms with Gasteiger partial charge in [0, 0.05) is 5.41 Å². The van der Waals surface area contributed by atoms with Crippen molar-refractivity contribution in [1.82, 2.24) is 0 Å². The average molecular weight is 496 g/mol. The maximum Gasteiger partial charge on any atom is 0.186 e. The van der Waals surface area contributed by atoms with Gasteiger partial charge in [0.2, 0.25) is 0 Å². The summed E-state index contributed by atoms with van der Waals surface area (Å²) in [6.45, 7) is 22.0. The van der Waals surface area contributed by atoms with Gasteiger partial charge in [0.05, 0.1) is 0 Å². The lowest BCUT2D eigenvalue weighted by Gasteiger charge is -2.71. The zero-order valence-electron chi connectivity index (χ0n) is 24.5. The number of allylic oxidation sites excluding steroid dienone is 10. The van der Waals surface area contributed by atoms with Crippen LogP contribution in [0.15, 0.2) is 71.9 Å². The van der Waals surface area contributed by atoms with Gasteiger partial charge in [0.15, 0.2) is 13.4 Å². The molecule has 0 N–H and O–H groups in total. The molecule has 0 saturated carbocycles. The molecule has 1 aromatic carbocycles. The zero-order chi connectivity index (χ0) is 26.3. The highest BCUT2D eigenvalue weighted by molar-refractivity contribution is 6.93. The summed E-state index contributed by atoms with van der Waals surface area (Å²) in [5.74, 6) is 5.26. The molecule has 5 heterocycles. The van der Waals surface area contributed by atoms with Crippen molar-refractivity contribution in [3.8, 4) is 0 Å². The van der Waals surface area contributed by atoms with Gasteiger partial charge in [-0.15, -0.1) is 0 Å². The quantitative estimate of drug-likeness (QED) is 0.262. The topological polar surface area (TPSA) is 0 Å². The Morgan fingerprint density at radius 1 is 0.553 bits per heavy atom. The van der Waals surface area contributed by atoms with Gasteiger partial charge in [-0.2, -0.15) is 0 Å². The molecule has 8 atom stereocenters. The molecule has 9 rings (SSSR count). The van der Waals surface area contributed by atoms with Crippen molar-refractivity contribution in [1.29, 1.82) is 0 Å². The van der Waals surface area contributed by atoms with E-state index in [1.807, 2.05) is 10.9 Å². The van der Waals surface area contributed by atoms with Gasteiger partial charge in [-0.3, -0.25) is 0 Å². The Hall–Kier alpha value is -1.95. The van der Waals surface area contributed by atoms with Gasteiger partial charge < -0.3 is 0 Å². The number of rotatable bonds is 0. The molecule has 0 bridgehead atoms. The second-order valence-corrected chi connectivity index (χ2v) is 16.6. The fraction of sp³-hybridized carbons (Fsp3) is 0.556. The average Bonchev–Trinajstić information content (AvgIpc) is 2.87. The number of hydrogen-bond donors (Lipinski definition) is 0. The number of hydrogen-bond acceptors (Lipinski definition) is 0. The monoisotopic (exact) mass is 496 g/mol. The highest BCUT2D eigenvalue weighted by Gasteiger charge is 2.72. The molecule has 8 unspecified atom stereocenters. The van der Waals surface area contributed by atoms with Crippen LogP contribution in [0.25, 0.3) is 0 Å². The molecule has 5 aliphatic heterocycles. The minimum Gasteiger partial charge on any atom is -0.0850 e. The first-order valence-electron chi connectivity index (χ1n) is 15.5. The lowest BCUT2D eigenvalue weighted by Crippen LogP contribution is -2.77. The largest absolute Gasteiger partial charge is 0.186 e. The van der Waals surface area contributed by atoms with Crippen LogP contribution < -0.4 is 10.9 Å². The van der Waals surface area contributed by atoms with E-state index in [2.05, 4.69) is 116 Å². The summed E-state index contributed by atoms with van der Waals surface area (Å²) < 4.78 is 0. The molecular weight excluding hydrogens is 454 g/mol. The van der Waals surface area contributed by atoms with Crippen LogP contribution >= 0.6 is 0 Å². The van der Waals surface area contributed by atoms with Crippen molar-refractivity contribution in [3.63, 3.8) is 0 Å². The van der Waals surface area contributed by atoms with Crippen LogP contribution in [-0.2, 0) is 10.8 Å². The third-order valence-electron chi connectivity index (χ3n) is 14.3. The smallest absolute Gasteiger partial charge is 0.0850 e. The summed E-state index contributed by atoms with van der Waals surface area (Å²) in [5, 5.41) is 0. The van der Waals surface area contributed by atoms with Crippen molar-refractivity contribution in [2.24, 2.45) is 34.5 Å². The first kappa shape index (κ1) is 22.8. The van der Waals surface area contributed by atoms with Crippen molar-refractivity contribution in [3.05, 3.63) is 83.0 Å². The molecule has 0 amide bonds. The minimum absolute atomic E-state index is 0.0915. The molecule has 0 nitrogen and oxygen atoms in total. The van der Waals surface area contributed by atoms with E-state index in [1.54, 1.807) is 22.3 Å². The predicted molar refractivity (Wildman–Crippen MR) is 163 cm³/mol. The lowest BCUT2D eigenvalue weighted by atomic mass is 9.02. The fourth-order valence-electron chi connectivity index (χ4n) is 12.7. The van der Waals surface area contributed by atoms with Crippen LogP contribution in [0, 0.1) is 34.5 Å². The van der Waals surface area contributed by atoms with E-state index in [-0.39, 0.29) is 21.7 Å². The minimum atomic E-state index is 0.0915. The Labute approximate surface area is 231 Å². The second-order valence-electron chi connectivity index (χ2n) is 16.6. The first-order chi connectivity index (χ1) is 17.9. The Bertz CT molecular complexity index is 1490. The van der Waals surface area contributed by atoms with Crippen molar-refractivity contribution >= 4 is 24.4 Å². The molecule has 192 valence electrons. The summed E-state index contributed by atoms with van der Waals surface area (Å²) in [7, 11) is 0. The summed E-state index contributed by atoms with van der Waals surface area (Å²) >= 11 is 0. The Kier molecular flexibility index (Phi) is 3.81. The van der Waals surface area contributed by atoms with Gasteiger partial charge >= 0.3 is 0 Å². The van der Waals surface area contributed by atoms with Gasteiger partial charge in [0.1, 0.15) is 0 Å². The third-order valence-corrected chi connectivity index (χ3v) is 14.3. The molecule has 8 aliphatic rings. The molecule has 3 aliphatic carbocycles. The first-order valence-corrected chi connectivity index (χ1v) is 15.5. The van der Waals surface area contributed by atoms with Crippen molar-refractivity contribution in [2.75, 3.05) is 0 Å². The SMILES string of the molecule is CC1(C)C2=CC=CC3C2B2c4c1ccc1c4B4C5C(=CC=CC5C1(C)C)C(C)(C)C1C=CC(C2C41)C3(C)C. The summed E-state index contributed by atoms with van der Waals surface area (Å²) in [4.78, 5) is 0. The summed E-state index contributed by atoms with van der Waals surface area (Å²) in [6, 6.07) is 5.20. The molecule has 1 aromatic rings. The Balaban J connectivity index is 1.46. The van der Waals surface area contributed by atoms with Gasteiger partial charge in [-0.05, 0) is 62.7 Å². The summed E-state index contributed by atoms with van der Waals surface area (Å²) in [5.41, 5.74) is 11.2. The molecule has 0 spiro atoms. The molecule has 2 heteroatoms. The van der Waals surface area contributed by atoms with Crippen LogP contribution in [0.5, 0.6) is 0 Å². The van der Waals surface area contributed by atoms with Gasteiger partial charge in [-0.1, -0.05) is 150 Å². The van der Waals surface area contributed by atoms with E-state index < -0.39 is 0 Å². The van der Waals surface area contributed by atoms with Crippen LogP contribution in [0.1, 0.15) is 66.5 Å². The predicted octanol–water partition coefficient (Wildman–Crippen LogP) is 7.27. The molecule has 0 aromatic heterocycles. The molecule has 2 saturated heterocycles. The fourth-order valence-corrected chi connectivity index (χ4v) is 12.7. The van der Waals surface area contributed by atoms with Crippen LogP contribution in [0.3, 0.4) is 0 Å². The summed E-state index contributed by atoms with van der Waals surface area (Å²) in [6.07, 6.45) is 20.6. The van der Waals surface area contributed by atoms with E-state index in [1.165, 1.54) is 0 Å². The van der Waals surface area contributed by atoms with Crippen LogP contribution in [0.4, 0.5) is 0 Å². The van der Waals surface area contributed by atoms with E-state index in [9.17, 15) is 0 Å². The van der Waals surface area contributed by atoms with E-state index in [0.29, 0.717) is 48.7 Å². The second kappa shape index (κ2) is 6.34. The van der Waals surface area contributed by atoms with Gasteiger partial charge in [-0.25, -0.2) is 0 Å². The highest BCUT2D eigenvalue weighted by atomic mass is 14.6. The normalized spacial score (nSPS) is 42.9. The van der Waals surface area contributed by atoms with Crippen molar-refractivity contribution < 1.29 is 0 Å². The molecule has 2 fully saturated rings.